The summed E-state index contributed by atoms with van der Waals surface area (Å²) in [7, 11) is 2.02. The first kappa shape index (κ1) is 10.7. The van der Waals surface area contributed by atoms with Gasteiger partial charge in [-0.2, -0.15) is 0 Å². The molecular formula is C12H21N3. The van der Waals surface area contributed by atoms with Crippen molar-refractivity contribution >= 4 is 0 Å². The second-order valence-electron chi connectivity index (χ2n) is 4.95. The summed E-state index contributed by atoms with van der Waals surface area (Å²) in [4.78, 5) is 4.35. The zero-order valence-electron chi connectivity index (χ0n) is 9.69. The SMILES string of the molecule is CC1CCCC(C(N)c2nccn2C)C1. The Morgan fingerprint density at radius 2 is 2.33 bits per heavy atom. The number of aromatic nitrogens is 2. The Morgan fingerprint density at radius 3 is 2.93 bits per heavy atom. The lowest BCUT2D eigenvalue weighted by Crippen LogP contribution is -2.28. The van der Waals surface area contributed by atoms with E-state index in [9.17, 15) is 0 Å². The molecule has 15 heavy (non-hydrogen) atoms. The van der Waals surface area contributed by atoms with Gasteiger partial charge in [-0.1, -0.05) is 19.8 Å². The van der Waals surface area contributed by atoms with Crippen molar-refractivity contribution in [3.05, 3.63) is 18.2 Å². The van der Waals surface area contributed by atoms with E-state index in [0.717, 1.165) is 11.7 Å². The lowest BCUT2D eigenvalue weighted by molar-refractivity contribution is 0.241. The van der Waals surface area contributed by atoms with Crippen LogP contribution in [0.3, 0.4) is 0 Å². The molecule has 0 amide bonds. The Bertz CT molecular complexity index is 318. The summed E-state index contributed by atoms with van der Waals surface area (Å²) >= 11 is 0. The summed E-state index contributed by atoms with van der Waals surface area (Å²) in [6.45, 7) is 2.33. The molecular weight excluding hydrogens is 186 g/mol. The zero-order chi connectivity index (χ0) is 10.8. The molecule has 3 atom stereocenters. The fraction of sp³-hybridized carbons (Fsp3) is 0.750. The van der Waals surface area contributed by atoms with E-state index in [2.05, 4.69) is 11.9 Å². The minimum absolute atomic E-state index is 0.118. The van der Waals surface area contributed by atoms with Crippen molar-refractivity contribution in [2.45, 2.75) is 38.6 Å². The Kier molecular flexibility index (Phi) is 3.10. The van der Waals surface area contributed by atoms with Gasteiger partial charge in [-0.15, -0.1) is 0 Å². The second-order valence-corrected chi connectivity index (χ2v) is 4.95. The third-order valence-electron chi connectivity index (χ3n) is 3.64. The molecule has 0 saturated heterocycles. The van der Waals surface area contributed by atoms with Gasteiger partial charge in [-0.3, -0.25) is 0 Å². The molecule has 1 aliphatic rings. The van der Waals surface area contributed by atoms with E-state index in [-0.39, 0.29) is 6.04 Å². The molecule has 1 aromatic rings. The molecule has 0 bridgehead atoms. The van der Waals surface area contributed by atoms with Gasteiger partial charge in [0.05, 0.1) is 6.04 Å². The summed E-state index contributed by atoms with van der Waals surface area (Å²) in [5.41, 5.74) is 6.29. The average Bonchev–Trinajstić information content (AvgIpc) is 2.63. The van der Waals surface area contributed by atoms with Crippen molar-refractivity contribution in [3.8, 4) is 0 Å². The normalized spacial score (nSPS) is 29.0. The van der Waals surface area contributed by atoms with Crippen LogP contribution < -0.4 is 5.73 Å². The van der Waals surface area contributed by atoms with E-state index >= 15 is 0 Å². The van der Waals surface area contributed by atoms with Crippen LogP contribution in [0.5, 0.6) is 0 Å². The highest BCUT2D eigenvalue weighted by atomic mass is 15.1. The Balaban J connectivity index is 2.07. The maximum atomic E-state index is 6.29. The molecule has 1 fully saturated rings. The number of aryl methyl sites for hydroxylation is 1. The number of rotatable bonds is 2. The molecule has 0 radical (unpaired) electrons. The van der Waals surface area contributed by atoms with Crippen LogP contribution in [-0.4, -0.2) is 9.55 Å². The topological polar surface area (TPSA) is 43.8 Å². The molecule has 1 heterocycles. The van der Waals surface area contributed by atoms with Gasteiger partial charge in [0.2, 0.25) is 0 Å². The molecule has 1 aliphatic carbocycles. The maximum absolute atomic E-state index is 6.29. The molecule has 1 saturated carbocycles. The summed E-state index contributed by atoms with van der Waals surface area (Å²) < 4.78 is 2.05. The highest BCUT2D eigenvalue weighted by molar-refractivity contribution is 5.00. The van der Waals surface area contributed by atoms with Gasteiger partial charge in [-0.25, -0.2) is 4.98 Å². The van der Waals surface area contributed by atoms with Crippen molar-refractivity contribution in [2.75, 3.05) is 0 Å². The summed E-state index contributed by atoms with van der Waals surface area (Å²) in [5.74, 6) is 2.49. The maximum Gasteiger partial charge on any atom is 0.125 e. The molecule has 0 aliphatic heterocycles. The molecule has 2 N–H and O–H groups in total. The van der Waals surface area contributed by atoms with Gasteiger partial charge < -0.3 is 10.3 Å². The molecule has 84 valence electrons. The van der Waals surface area contributed by atoms with Crippen molar-refractivity contribution < 1.29 is 0 Å². The van der Waals surface area contributed by atoms with Crippen molar-refractivity contribution in [1.29, 1.82) is 0 Å². The Labute approximate surface area is 91.7 Å². The predicted molar refractivity (Wildman–Crippen MR) is 61.3 cm³/mol. The third-order valence-corrected chi connectivity index (χ3v) is 3.64. The lowest BCUT2D eigenvalue weighted by atomic mass is 9.78. The molecule has 1 aromatic heterocycles. The Morgan fingerprint density at radius 1 is 1.53 bits per heavy atom. The molecule has 3 nitrogen and oxygen atoms in total. The van der Waals surface area contributed by atoms with Crippen LogP contribution in [0.1, 0.15) is 44.5 Å². The standard InChI is InChI=1S/C12H21N3/c1-9-4-3-5-10(8-9)11(13)12-14-6-7-15(12)2/h6-7,9-11H,3-5,8,13H2,1-2H3. The van der Waals surface area contributed by atoms with Crippen LogP contribution in [0.15, 0.2) is 12.4 Å². The van der Waals surface area contributed by atoms with Gasteiger partial charge in [0.25, 0.3) is 0 Å². The summed E-state index contributed by atoms with van der Waals surface area (Å²) in [6.07, 6.45) is 9.02. The highest BCUT2D eigenvalue weighted by Crippen LogP contribution is 2.35. The van der Waals surface area contributed by atoms with Crippen LogP contribution in [0.4, 0.5) is 0 Å². The number of imidazole rings is 1. The first-order valence-electron chi connectivity index (χ1n) is 5.91. The van der Waals surface area contributed by atoms with E-state index in [4.69, 9.17) is 5.73 Å². The van der Waals surface area contributed by atoms with E-state index in [1.807, 2.05) is 24.0 Å². The quantitative estimate of drug-likeness (QED) is 0.808. The van der Waals surface area contributed by atoms with Gasteiger partial charge >= 0.3 is 0 Å². The molecule has 2 rings (SSSR count). The number of hydrogen-bond acceptors (Lipinski definition) is 2. The number of nitrogens with zero attached hydrogens (tertiary/aromatic N) is 2. The minimum atomic E-state index is 0.118. The van der Waals surface area contributed by atoms with Gasteiger partial charge in [0, 0.05) is 19.4 Å². The second kappa shape index (κ2) is 4.35. The predicted octanol–water partition coefficient (Wildman–Crippen LogP) is 2.25. The lowest BCUT2D eigenvalue weighted by Gasteiger charge is -2.30. The molecule has 3 unspecified atom stereocenters. The van der Waals surface area contributed by atoms with Gasteiger partial charge in [0.15, 0.2) is 0 Å². The van der Waals surface area contributed by atoms with Crippen molar-refractivity contribution in [1.82, 2.24) is 9.55 Å². The summed E-state index contributed by atoms with van der Waals surface area (Å²) in [5, 5.41) is 0. The molecule has 3 heteroatoms. The van der Waals surface area contributed by atoms with Crippen LogP contribution in [0.25, 0.3) is 0 Å². The first-order valence-corrected chi connectivity index (χ1v) is 5.91. The van der Waals surface area contributed by atoms with E-state index in [1.165, 1.54) is 25.7 Å². The Hall–Kier alpha value is -0.830. The van der Waals surface area contributed by atoms with Gasteiger partial charge in [0.1, 0.15) is 5.82 Å². The largest absolute Gasteiger partial charge is 0.337 e. The van der Waals surface area contributed by atoms with E-state index in [0.29, 0.717) is 5.92 Å². The van der Waals surface area contributed by atoms with E-state index in [1.54, 1.807) is 0 Å². The molecule has 0 aromatic carbocycles. The third kappa shape index (κ3) is 2.23. The monoisotopic (exact) mass is 207 g/mol. The fourth-order valence-electron chi connectivity index (χ4n) is 2.72. The first-order chi connectivity index (χ1) is 7.18. The fourth-order valence-corrected chi connectivity index (χ4v) is 2.72. The van der Waals surface area contributed by atoms with Crippen LogP contribution in [-0.2, 0) is 7.05 Å². The van der Waals surface area contributed by atoms with Crippen molar-refractivity contribution in [3.63, 3.8) is 0 Å². The number of hydrogen-bond donors (Lipinski definition) is 1. The molecule has 0 spiro atoms. The highest BCUT2D eigenvalue weighted by Gasteiger charge is 2.27. The smallest absolute Gasteiger partial charge is 0.125 e. The average molecular weight is 207 g/mol. The minimum Gasteiger partial charge on any atom is -0.337 e. The summed E-state index contributed by atoms with van der Waals surface area (Å²) in [6, 6.07) is 0.118. The number of nitrogens with two attached hydrogens (primary N) is 1. The van der Waals surface area contributed by atoms with E-state index < -0.39 is 0 Å². The van der Waals surface area contributed by atoms with Crippen LogP contribution >= 0.6 is 0 Å². The van der Waals surface area contributed by atoms with Crippen molar-refractivity contribution in [2.24, 2.45) is 24.6 Å². The van der Waals surface area contributed by atoms with Crippen LogP contribution in [0, 0.1) is 11.8 Å². The van der Waals surface area contributed by atoms with Crippen LogP contribution in [0.2, 0.25) is 0 Å². The van der Waals surface area contributed by atoms with Gasteiger partial charge in [-0.05, 0) is 24.7 Å². The zero-order valence-corrected chi connectivity index (χ0v) is 9.69.